The summed E-state index contributed by atoms with van der Waals surface area (Å²) in [6.45, 7) is -0.463. The van der Waals surface area contributed by atoms with E-state index in [4.69, 9.17) is 5.11 Å². The molecule has 0 saturated heterocycles. The van der Waals surface area contributed by atoms with E-state index in [1.54, 1.807) is 14.1 Å². The van der Waals surface area contributed by atoms with Crippen LogP contribution in [0.5, 0.6) is 0 Å². The maximum atomic E-state index is 13.8. The van der Waals surface area contributed by atoms with Crippen molar-refractivity contribution in [2.75, 3.05) is 34.3 Å². The van der Waals surface area contributed by atoms with Crippen molar-refractivity contribution in [3.63, 3.8) is 0 Å². The molecule has 0 spiro atoms. The normalized spacial score (nSPS) is 9.57. The minimum Gasteiger partial charge on any atom is -0.384 e. The zero-order chi connectivity index (χ0) is 16.0. The molecule has 1 rings (SSSR count). The van der Waals surface area contributed by atoms with E-state index in [-0.39, 0.29) is 24.6 Å². The van der Waals surface area contributed by atoms with Gasteiger partial charge in [-0.25, -0.2) is 4.39 Å². The van der Waals surface area contributed by atoms with Gasteiger partial charge in [-0.2, -0.15) is 0 Å². The van der Waals surface area contributed by atoms with Crippen LogP contribution in [-0.4, -0.2) is 61.0 Å². The number of aliphatic hydroxyl groups excluding tert-OH is 1. The molecular weight excluding hydrogens is 275 g/mol. The molecule has 112 valence electrons. The number of likely N-dealkylation sites (N-methyl/N-ethyl adjacent to an activating group) is 2. The van der Waals surface area contributed by atoms with Crippen molar-refractivity contribution in [3.8, 4) is 11.8 Å². The summed E-state index contributed by atoms with van der Waals surface area (Å²) in [5.74, 6) is 3.48. The van der Waals surface area contributed by atoms with Crippen LogP contribution in [0.25, 0.3) is 0 Å². The van der Waals surface area contributed by atoms with Gasteiger partial charge < -0.3 is 14.9 Å². The molecular formula is C15H17FN2O3. The van der Waals surface area contributed by atoms with Crippen molar-refractivity contribution < 1.29 is 19.1 Å². The Bertz CT molecular complexity index is 603. The first kappa shape index (κ1) is 16.7. The van der Waals surface area contributed by atoms with Crippen LogP contribution in [0, 0.1) is 17.7 Å². The van der Waals surface area contributed by atoms with Crippen molar-refractivity contribution in [3.05, 3.63) is 35.1 Å². The first-order chi connectivity index (χ1) is 9.86. The van der Waals surface area contributed by atoms with Gasteiger partial charge in [-0.1, -0.05) is 11.8 Å². The molecule has 1 aromatic rings. The number of benzene rings is 1. The highest BCUT2D eigenvalue weighted by atomic mass is 19.1. The van der Waals surface area contributed by atoms with E-state index in [1.807, 2.05) is 0 Å². The molecule has 0 aromatic heterocycles. The highest BCUT2D eigenvalue weighted by Gasteiger charge is 2.19. The second kappa shape index (κ2) is 7.41. The summed E-state index contributed by atoms with van der Waals surface area (Å²) < 4.78 is 13.8. The highest BCUT2D eigenvalue weighted by molar-refractivity contribution is 5.96. The van der Waals surface area contributed by atoms with Crippen LogP contribution in [0.4, 0.5) is 4.39 Å². The molecule has 5 nitrogen and oxygen atoms in total. The topological polar surface area (TPSA) is 60.9 Å². The van der Waals surface area contributed by atoms with Gasteiger partial charge in [-0.15, -0.1) is 0 Å². The third-order valence-electron chi connectivity index (χ3n) is 2.73. The number of amides is 2. The molecule has 0 radical (unpaired) electrons. The first-order valence-corrected chi connectivity index (χ1v) is 6.21. The summed E-state index contributed by atoms with van der Waals surface area (Å²) in [6, 6.07) is 3.85. The Morgan fingerprint density at radius 2 is 1.95 bits per heavy atom. The predicted octanol–water partition coefficient (Wildman–Crippen LogP) is 0.330. The van der Waals surface area contributed by atoms with Gasteiger partial charge in [0, 0.05) is 26.7 Å². The van der Waals surface area contributed by atoms with Crippen molar-refractivity contribution in [2.24, 2.45) is 0 Å². The number of aliphatic hydroxyl groups is 1. The molecule has 1 N–H and O–H groups in total. The zero-order valence-electron chi connectivity index (χ0n) is 12.2. The lowest BCUT2D eigenvalue weighted by atomic mass is 10.1. The van der Waals surface area contributed by atoms with Gasteiger partial charge in [0.1, 0.15) is 12.4 Å². The van der Waals surface area contributed by atoms with E-state index < -0.39 is 11.7 Å². The molecule has 0 aliphatic heterocycles. The van der Waals surface area contributed by atoms with Crippen LogP contribution >= 0.6 is 0 Å². The Morgan fingerprint density at radius 1 is 1.29 bits per heavy atom. The number of carbonyl (C=O) groups excluding carboxylic acids is 2. The maximum absolute atomic E-state index is 13.8. The summed E-state index contributed by atoms with van der Waals surface area (Å²) in [5, 5.41) is 8.64. The summed E-state index contributed by atoms with van der Waals surface area (Å²) >= 11 is 0. The standard InChI is InChI=1S/C15H17FN2O3/c1-17(2)14(20)10-18(3)15(21)12-9-11(5-4-8-19)6-7-13(12)16/h6-7,9,19H,8,10H2,1-3H3. The molecule has 0 aliphatic rings. The van der Waals surface area contributed by atoms with Gasteiger partial charge in [0.05, 0.1) is 12.1 Å². The Labute approximate surface area is 123 Å². The van der Waals surface area contributed by atoms with Gasteiger partial charge in [0.25, 0.3) is 5.91 Å². The minimum atomic E-state index is -0.682. The van der Waals surface area contributed by atoms with Crippen LogP contribution in [0.1, 0.15) is 15.9 Å². The molecule has 6 heteroatoms. The van der Waals surface area contributed by atoms with Gasteiger partial charge >= 0.3 is 0 Å². The average Bonchev–Trinajstić information content (AvgIpc) is 2.45. The summed E-state index contributed by atoms with van der Waals surface area (Å²) in [7, 11) is 4.58. The minimum absolute atomic E-state index is 0.141. The van der Waals surface area contributed by atoms with Gasteiger partial charge in [0.2, 0.25) is 5.91 Å². The van der Waals surface area contributed by atoms with Gasteiger partial charge in [-0.3, -0.25) is 9.59 Å². The molecule has 2 amide bonds. The van der Waals surface area contributed by atoms with Crippen LogP contribution in [0.3, 0.4) is 0 Å². The third-order valence-corrected chi connectivity index (χ3v) is 2.73. The monoisotopic (exact) mass is 292 g/mol. The van der Waals surface area contributed by atoms with Crippen LogP contribution in [0.15, 0.2) is 18.2 Å². The average molecular weight is 292 g/mol. The molecule has 0 aliphatic carbocycles. The van der Waals surface area contributed by atoms with Crippen molar-refractivity contribution >= 4 is 11.8 Å². The van der Waals surface area contributed by atoms with Crippen molar-refractivity contribution in [1.29, 1.82) is 0 Å². The fourth-order valence-corrected chi connectivity index (χ4v) is 1.53. The molecule has 1 aromatic carbocycles. The summed E-state index contributed by atoms with van der Waals surface area (Å²) in [4.78, 5) is 26.2. The summed E-state index contributed by atoms with van der Waals surface area (Å²) in [6.07, 6.45) is 0. The Kier molecular flexibility index (Phi) is 5.88. The van der Waals surface area contributed by atoms with Gasteiger partial charge in [-0.05, 0) is 18.2 Å². The van der Waals surface area contributed by atoms with E-state index >= 15 is 0 Å². The predicted molar refractivity (Wildman–Crippen MR) is 76.0 cm³/mol. The van der Waals surface area contributed by atoms with Crippen LogP contribution in [0.2, 0.25) is 0 Å². The lowest BCUT2D eigenvalue weighted by Gasteiger charge is -2.19. The van der Waals surface area contributed by atoms with Crippen molar-refractivity contribution in [2.45, 2.75) is 0 Å². The number of carbonyl (C=O) groups is 2. The first-order valence-electron chi connectivity index (χ1n) is 6.21. The molecule has 0 unspecified atom stereocenters. The molecule has 0 atom stereocenters. The quantitative estimate of drug-likeness (QED) is 0.817. The molecule has 21 heavy (non-hydrogen) atoms. The van der Waals surface area contributed by atoms with E-state index in [9.17, 15) is 14.0 Å². The van der Waals surface area contributed by atoms with E-state index in [2.05, 4.69) is 11.8 Å². The number of halogens is 1. The SMILES string of the molecule is CN(C)C(=O)CN(C)C(=O)c1cc(C#CCO)ccc1F. The highest BCUT2D eigenvalue weighted by Crippen LogP contribution is 2.12. The summed E-state index contributed by atoms with van der Waals surface area (Å²) in [5.41, 5.74) is 0.259. The molecule has 0 heterocycles. The Hall–Kier alpha value is -2.39. The smallest absolute Gasteiger partial charge is 0.257 e. The zero-order valence-corrected chi connectivity index (χ0v) is 12.2. The van der Waals surface area contributed by atoms with Crippen LogP contribution in [-0.2, 0) is 4.79 Å². The fourth-order valence-electron chi connectivity index (χ4n) is 1.53. The molecule has 0 fully saturated rings. The third kappa shape index (κ3) is 4.58. The lowest BCUT2D eigenvalue weighted by Crippen LogP contribution is -2.38. The second-order valence-electron chi connectivity index (χ2n) is 4.60. The van der Waals surface area contributed by atoms with E-state index in [1.165, 1.54) is 24.1 Å². The van der Waals surface area contributed by atoms with E-state index in [0.717, 1.165) is 11.0 Å². The Balaban J connectivity index is 2.98. The van der Waals surface area contributed by atoms with E-state index in [0.29, 0.717) is 5.56 Å². The largest absolute Gasteiger partial charge is 0.384 e. The number of rotatable bonds is 3. The molecule has 0 saturated carbocycles. The number of hydrogen-bond acceptors (Lipinski definition) is 3. The van der Waals surface area contributed by atoms with Crippen molar-refractivity contribution in [1.82, 2.24) is 9.80 Å². The fraction of sp³-hybridized carbons (Fsp3) is 0.333. The number of hydrogen-bond donors (Lipinski definition) is 1. The van der Waals surface area contributed by atoms with Gasteiger partial charge in [0.15, 0.2) is 0 Å². The second-order valence-corrected chi connectivity index (χ2v) is 4.60. The Morgan fingerprint density at radius 3 is 2.52 bits per heavy atom. The molecule has 0 bridgehead atoms. The lowest BCUT2D eigenvalue weighted by molar-refractivity contribution is -0.129. The maximum Gasteiger partial charge on any atom is 0.257 e. The van der Waals surface area contributed by atoms with Crippen LogP contribution < -0.4 is 0 Å². The number of nitrogens with zero attached hydrogens (tertiary/aromatic N) is 2.